The quantitative estimate of drug-likeness (QED) is 0.201. The third-order valence-corrected chi connectivity index (χ3v) is 9.05. The average molecular weight is 648 g/mol. The lowest BCUT2D eigenvalue weighted by Crippen LogP contribution is -2.56. The Bertz CT molecular complexity index is 1680. The molecule has 0 aliphatic heterocycles. The van der Waals surface area contributed by atoms with Crippen LogP contribution in [0.4, 0.5) is 5.69 Å². The van der Waals surface area contributed by atoms with Gasteiger partial charge >= 0.3 is 0 Å². The second-order valence-corrected chi connectivity index (χ2v) is 13.9. The molecule has 4 rings (SSSR count). The summed E-state index contributed by atoms with van der Waals surface area (Å²) in [5.41, 5.74) is 1.28. The van der Waals surface area contributed by atoms with Gasteiger partial charge in [-0.05, 0) is 80.4 Å². The number of ether oxygens (including phenoxy) is 1. The van der Waals surface area contributed by atoms with Crippen molar-refractivity contribution in [1.82, 2.24) is 10.2 Å². The predicted octanol–water partition coefficient (Wildman–Crippen LogP) is 6.10. The molecule has 45 heavy (non-hydrogen) atoms. The predicted molar refractivity (Wildman–Crippen MR) is 178 cm³/mol. The molecule has 2 amide bonds. The minimum Gasteiger partial charge on any atom is -0.497 e. The molecule has 0 spiro atoms. The van der Waals surface area contributed by atoms with Crippen LogP contribution in [0.1, 0.15) is 31.9 Å². The Morgan fingerprint density at radius 1 is 0.822 bits per heavy atom. The number of methoxy groups -OCH3 is 1. The average Bonchev–Trinajstić information content (AvgIpc) is 3.02. The molecule has 0 saturated heterocycles. The molecule has 0 aromatic heterocycles. The Morgan fingerprint density at radius 2 is 1.40 bits per heavy atom. The van der Waals surface area contributed by atoms with E-state index in [0.717, 1.165) is 15.4 Å². The van der Waals surface area contributed by atoms with Crippen LogP contribution in [-0.4, -0.2) is 50.4 Å². The van der Waals surface area contributed by atoms with Crippen molar-refractivity contribution in [3.63, 3.8) is 0 Å². The third-order valence-electron chi connectivity index (χ3n) is 7.01. The van der Waals surface area contributed by atoms with Crippen LogP contribution in [-0.2, 0) is 32.6 Å². The van der Waals surface area contributed by atoms with Crippen molar-refractivity contribution in [2.75, 3.05) is 18.0 Å². The number of carbonyl (C=O) groups is 2. The van der Waals surface area contributed by atoms with Crippen molar-refractivity contribution >= 4 is 39.1 Å². The molecule has 236 valence electrons. The summed E-state index contributed by atoms with van der Waals surface area (Å²) in [6, 6.07) is 29.8. The molecule has 0 aliphatic carbocycles. The zero-order valence-corrected chi connectivity index (χ0v) is 27.4. The number of nitrogens with one attached hydrogen (secondary N) is 1. The normalized spacial score (nSPS) is 12.2. The number of benzene rings is 4. The van der Waals surface area contributed by atoms with Crippen molar-refractivity contribution in [2.45, 2.75) is 50.2 Å². The number of carbonyl (C=O) groups excluding carboxylic acids is 2. The molecule has 4 aromatic rings. The van der Waals surface area contributed by atoms with E-state index in [1.165, 1.54) is 24.1 Å². The van der Waals surface area contributed by atoms with Crippen LogP contribution in [0.25, 0.3) is 0 Å². The summed E-state index contributed by atoms with van der Waals surface area (Å²) in [5, 5.41) is 3.55. The van der Waals surface area contributed by atoms with Crippen LogP contribution in [0.5, 0.6) is 5.75 Å². The highest BCUT2D eigenvalue weighted by molar-refractivity contribution is 7.92. The molecule has 8 nitrogen and oxygen atoms in total. The van der Waals surface area contributed by atoms with E-state index >= 15 is 0 Å². The van der Waals surface area contributed by atoms with E-state index in [-0.39, 0.29) is 29.5 Å². The van der Waals surface area contributed by atoms with E-state index in [2.05, 4.69) is 5.32 Å². The van der Waals surface area contributed by atoms with Crippen molar-refractivity contribution in [1.29, 1.82) is 0 Å². The zero-order valence-electron chi connectivity index (χ0n) is 25.8. The van der Waals surface area contributed by atoms with Gasteiger partial charge in [0, 0.05) is 23.5 Å². The fraction of sp³-hybridized carbons (Fsp3) is 0.257. The first kappa shape index (κ1) is 33.6. The van der Waals surface area contributed by atoms with Gasteiger partial charge in [-0.3, -0.25) is 13.9 Å². The van der Waals surface area contributed by atoms with Crippen LogP contribution in [0.3, 0.4) is 0 Å². The molecule has 0 radical (unpaired) electrons. The maximum atomic E-state index is 14.5. The van der Waals surface area contributed by atoms with E-state index < -0.39 is 34.1 Å². The van der Waals surface area contributed by atoms with Gasteiger partial charge in [0.2, 0.25) is 11.8 Å². The fourth-order valence-corrected chi connectivity index (χ4v) is 6.35. The number of halogens is 1. The van der Waals surface area contributed by atoms with Crippen LogP contribution in [0.15, 0.2) is 114 Å². The highest BCUT2D eigenvalue weighted by Crippen LogP contribution is 2.27. The second kappa shape index (κ2) is 14.6. The summed E-state index contributed by atoms with van der Waals surface area (Å²) >= 11 is 6.14. The Hall–Kier alpha value is -4.34. The summed E-state index contributed by atoms with van der Waals surface area (Å²) < 4.78 is 34.4. The van der Waals surface area contributed by atoms with Gasteiger partial charge in [0.15, 0.2) is 0 Å². The summed E-state index contributed by atoms with van der Waals surface area (Å²) in [6.07, 6.45) is 0.218. The highest BCUT2D eigenvalue weighted by Gasteiger charge is 2.35. The van der Waals surface area contributed by atoms with E-state index in [1.807, 2.05) is 51.1 Å². The van der Waals surface area contributed by atoms with Gasteiger partial charge in [0.1, 0.15) is 18.3 Å². The number of amides is 2. The topological polar surface area (TPSA) is 96.0 Å². The molecule has 1 atom stereocenters. The van der Waals surface area contributed by atoms with Crippen molar-refractivity contribution < 1.29 is 22.7 Å². The summed E-state index contributed by atoms with van der Waals surface area (Å²) in [6.45, 7) is 5.10. The van der Waals surface area contributed by atoms with Gasteiger partial charge < -0.3 is 15.0 Å². The highest BCUT2D eigenvalue weighted by atomic mass is 35.5. The van der Waals surface area contributed by atoms with Gasteiger partial charge in [-0.2, -0.15) is 0 Å². The molecule has 4 aromatic carbocycles. The summed E-state index contributed by atoms with van der Waals surface area (Å²) in [5.74, 6) is -0.367. The first-order chi connectivity index (χ1) is 21.4. The third kappa shape index (κ3) is 9.09. The van der Waals surface area contributed by atoms with Crippen LogP contribution < -0.4 is 14.4 Å². The molecular weight excluding hydrogens is 610 g/mol. The monoisotopic (exact) mass is 647 g/mol. The number of anilines is 1. The van der Waals surface area contributed by atoms with Gasteiger partial charge in [0.25, 0.3) is 10.0 Å². The smallest absolute Gasteiger partial charge is 0.264 e. The molecule has 0 saturated carbocycles. The first-order valence-corrected chi connectivity index (χ1v) is 16.3. The molecule has 0 bridgehead atoms. The standard InChI is InChI=1S/C35H38ClN3O5S/c1-35(2,3)37-34(41)32(23-26-11-7-5-8-12-26)38(24-27-15-17-28(36)18-16-27)33(40)25-39(29-19-21-30(44-4)22-20-29)45(42,43)31-13-9-6-10-14-31/h5-22,32H,23-25H2,1-4H3,(H,37,41)/t32-/m0/s1. The lowest BCUT2D eigenvalue weighted by Gasteiger charge is -2.35. The lowest BCUT2D eigenvalue weighted by molar-refractivity contribution is -0.140. The van der Waals surface area contributed by atoms with Gasteiger partial charge in [0.05, 0.1) is 17.7 Å². The Kier molecular flexibility index (Phi) is 10.9. The number of rotatable bonds is 12. The molecule has 0 heterocycles. The van der Waals surface area contributed by atoms with Gasteiger partial charge in [-0.25, -0.2) is 8.42 Å². The molecule has 0 aliphatic rings. The van der Waals surface area contributed by atoms with E-state index in [4.69, 9.17) is 16.3 Å². The molecule has 10 heteroatoms. The van der Waals surface area contributed by atoms with Crippen LogP contribution >= 0.6 is 11.6 Å². The van der Waals surface area contributed by atoms with Gasteiger partial charge in [-0.15, -0.1) is 0 Å². The van der Waals surface area contributed by atoms with Crippen molar-refractivity contribution in [3.8, 4) is 5.75 Å². The molecular formula is C35H38ClN3O5S. The summed E-state index contributed by atoms with van der Waals surface area (Å²) in [4.78, 5) is 29.9. The minimum absolute atomic E-state index is 0.0316. The van der Waals surface area contributed by atoms with E-state index in [0.29, 0.717) is 10.8 Å². The number of nitrogens with zero attached hydrogens (tertiary/aromatic N) is 2. The van der Waals surface area contributed by atoms with Gasteiger partial charge in [-0.1, -0.05) is 72.3 Å². The van der Waals surface area contributed by atoms with Crippen molar-refractivity contribution in [2.24, 2.45) is 0 Å². The second-order valence-electron chi connectivity index (χ2n) is 11.6. The van der Waals surface area contributed by atoms with Crippen LogP contribution in [0.2, 0.25) is 5.02 Å². The molecule has 0 fully saturated rings. The molecule has 0 unspecified atom stereocenters. The molecule has 1 N–H and O–H groups in total. The number of hydrogen-bond donors (Lipinski definition) is 1. The van der Waals surface area contributed by atoms with Crippen LogP contribution in [0, 0.1) is 0 Å². The maximum Gasteiger partial charge on any atom is 0.264 e. The summed E-state index contributed by atoms with van der Waals surface area (Å²) in [7, 11) is -2.67. The Morgan fingerprint density at radius 3 is 1.96 bits per heavy atom. The Labute approximate surface area is 270 Å². The van der Waals surface area contributed by atoms with E-state index in [1.54, 1.807) is 66.7 Å². The lowest BCUT2D eigenvalue weighted by atomic mass is 10.0. The number of sulfonamides is 1. The largest absolute Gasteiger partial charge is 0.497 e. The SMILES string of the molecule is COc1ccc(N(CC(=O)N(Cc2ccc(Cl)cc2)[C@@H](Cc2ccccc2)C(=O)NC(C)(C)C)S(=O)(=O)c2ccccc2)cc1. The van der Waals surface area contributed by atoms with Crippen molar-refractivity contribution in [3.05, 3.63) is 125 Å². The first-order valence-electron chi connectivity index (χ1n) is 14.5. The fourth-order valence-electron chi connectivity index (χ4n) is 4.79. The zero-order chi connectivity index (χ0) is 32.6. The van der Waals surface area contributed by atoms with E-state index in [9.17, 15) is 18.0 Å². The number of hydrogen-bond acceptors (Lipinski definition) is 5. The Balaban J connectivity index is 1.81. The minimum atomic E-state index is -4.19. The maximum absolute atomic E-state index is 14.5.